The van der Waals surface area contributed by atoms with E-state index in [-0.39, 0.29) is 0 Å². The van der Waals surface area contributed by atoms with Crippen molar-refractivity contribution in [2.75, 3.05) is 24.5 Å². The van der Waals surface area contributed by atoms with Crippen molar-refractivity contribution in [3.8, 4) is 0 Å². The van der Waals surface area contributed by atoms with Crippen LogP contribution in [0.1, 0.15) is 6.92 Å². The number of benzene rings is 1. The van der Waals surface area contributed by atoms with Gasteiger partial charge in [-0.25, -0.2) is 8.78 Å². The van der Waals surface area contributed by atoms with E-state index in [0.29, 0.717) is 11.7 Å². The van der Waals surface area contributed by atoms with Gasteiger partial charge in [0.2, 0.25) is 0 Å². The number of nitrogens with one attached hydrogen (secondary N) is 1. The van der Waals surface area contributed by atoms with Gasteiger partial charge in [0.05, 0.1) is 0 Å². The summed E-state index contributed by atoms with van der Waals surface area (Å²) in [6.07, 6.45) is 0. The van der Waals surface area contributed by atoms with Gasteiger partial charge < -0.3 is 10.2 Å². The van der Waals surface area contributed by atoms with Crippen molar-refractivity contribution in [1.82, 2.24) is 5.32 Å². The molecule has 0 unspecified atom stereocenters. The first-order chi connectivity index (χ1) is 7.15. The molecule has 0 aliphatic carbocycles. The Kier molecular flexibility index (Phi) is 2.86. The van der Waals surface area contributed by atoms with Gasteiger partial charge in [0.1, 0.15) is 11.6 Å². The average Bonchev–Trinajstić information content (AvgIpc) is 2.16. The molecule has 0 bridgehead atoms. The third-order valence-corrected chi connectivity index (χ3v) is 2.58. The van der Waals surface area contributed by atoms with Gasteiger partial charge in [-0.3, -0.25) is 0 Å². The summed E-state index contributed by atoms with van der Waals surface area (Å²) in [5.41, 5.74) is 0.626. The van der Waals surface area contributed by atoms with Crippen LogP contribution in [-0.2, 0) is 0 Å². The lowest BCUT2D eigenvalue weighted by molar-refractivity contribution is 0.482. The van der Waals surface area contributed by atoms with Gasteiger partial charge in [0, 0.05) is 37.4 Å². The highest BCUT2D eigenvalue weighted by atomic mass is 19.1. The van der Waals surface area contributed by atoms with E-state index < -0.39 is 11.6 Å². The number of hydrogen-bond acceptors (Lipinski definition) is 2. The number of nitrogens with zero attached hydrogens (tertiary/aromatic N) is 1. The minimum Gasteiger partial charge on any atom is -0.369 e. The molecular weight excluding hydrogens is 198 g/mol. The van der Waals surface area contributed by atoms with Crippen LogP contribution in [0.25, 0.3) is 0 Å². The number of halogens is 2. The van der Waals surface area contributed by atoms with Gasteiger partial charge in [-0.2, -0.15) is 0 Å². The summed E-state index contributed by atoms with van der Waals surface area (Å²) in [7, 11) is 0. The highest BCUT2D eigenvalue weighted by Gasteiger charge is 2.16. The van der Waals surface area contributed by atoms with E-state index in [1.165, 1.54) is 12.1 Å². The summed E-state index contributed by atoms with van der Waals surface area (Å²) >= 11 is 0. The second-order valence-corrected chi connectivity index (χ2v) is 3.93. The Morgan fingerprint density at radius 2 is 1.93 bits per heavy atom. The van der Waals surface area contributed by atoms with Crippen LogP contribution in [0.3, 0.4) is 0 Å². The fraction of sp³-hybridized carbons (Fsp3) is 0.455. The van der Waals surface area contributed by atoms with Crippen molar-refractivity contribution in [3.63, 3.8) is 0 Å². The molecule has 1 fully saturated rings. The van der Waals surface area contributed by atoms with Crippen molar-refractivity contribution in [2.24, 2.45) is 0 Å². The third-order valence-electron chi connectivity index (χ3n) is 2.58. The molecule has 1 N–H and O–H groups in total. The quantitative estimate of drug-likeness (QED) is 0.763. The number of hydrogen-bond donors (Lipinski definition) is 1. The Morgan fingerprint density at radius 3 is 2.53 bits per heavy atom. The Bertz CT molecular complexity index is 334. The number of anilines is 1. The molecule has 0 radical (unpaired) electrons. The summed E-state index contributed by atoms with van der Waals surface area (Å²) in [4.78, 5) is 1.99. The van der Waals surface area contributed by atoms with Crippen molar-refractivity contribution in [2.45, 2.75) is 13.0 Å². The Hall–Kier alpha value is -1.16. The van der Waals surface area contributed by atoms with Crippen molar-refractivity contribution >= 4 is 5.69 Å². The molecule has 1 heterocycles. The van der Waals surface area contributed by atoms with Gasteiger partial charge in [0.25, 0.3) is 0 Å². The second-order valence-electron chi connectivity index (χ2n) is 3.93. The molecular formula is C11H14F2N2. The minimum atomic E-state index is -0.517. The summed E-state index contributed by atoms with van der Waals surface area (Å²) in [6.45, 7) is 4.47. The zero-order valence-electron chi connectivity index (χ0n) is 8.63. The Morgan fingerprint density at radius 1 is 1.27 bits per heavy atom. The number of piperazine rings is 1. The molecule has 4 heteroatoms. The standard InChI is InChI=1S/C11H14F2N2/c1-8-7-15(3-2-14-8)11-5-9(12)4-10(13)6-11/h4-6,8,14H,2-3,7H2,1H3/t8-/m0/s1. The topological polar surface area (TPSA) is 15.3 Å². The average molecular weight is 212 g/mol. The van der Waals surface area contributed by atoms with E-state index in [2.05, 4.69) is 12.2 Å². The van der Waals surface area contributed by atoms with Crippen LogP contribution in [0.5, 0.6) is 0 Å². The van der Waals surface area contributed by atoms with E-state index in [1.807, 2.05) is 4.90 Å². The summed E-state index contributed by atoms with van der Waals surface area (Å²) in [5.74, 6) is -1.03. The van der Waals surface area contributed by atoms with Crippen LogP contribution < -0.4 is 10.2 Å². The second kappa shape index (κ2) is 4.14. The normalized spacial score (nSPS) is 21.8. The molecule has 15 heavy (non-hydrogen) atoms. The molecule has 0 amide bonds. The largest absolute Gasteiger partial charge is 0.369 e. The van der Waals surface area contributed by atoms with Gasteiger partial charge in [-0.05, 0) is 19.1 Å². The Balaban J connectivity index is 2.20. The lowest BCUT2D eigenvalue weighted by Gasteiger charge is -2.33. The molecule has 1 aromatic rings. The van der Waals surface area contributed by atoms with Gasteiger partial charge >= 0.3 is 0 Å². The van der Waals surface area contributed by atoms with Gasteiger partial charge in [-0.15, -0.1) is 0 Å². The van der Waals surface area contributed by atoms with Crippen molar-refractivity contribution in [1.29, 1.82) is 0 Å². The first-order valence-electron chi connectivity index (χ1n) is 5.09. The van der Waals surface area contributed by atoms with Crippen LogP contribution in [0.2, 0.25) is 0 Å². The lowest BCUT2D eigenvalue weighted by atomic mass is 10.2. The van der Waals surface area contributed by atoms with E-state index in [4.69, 9.17) is 0 Å². The van der Waals surface area contributed by atoms with E-state index >= 15 is 0 Å². The molecule has 0 aromatic heterocycles. The summed E-state index contributed by atoms with van der Waals surface area (Å²) in [5, 5.41) is 3.28. The van der Waals surface area contributed by atoms with Crippen molar-refractivity contribution < 1.29 is 8.78 Å². The zero-order valence-corrected chi connectivity index (χ0v) is 8.63. The van der Waals surface area contributed by atoms with Crippen LogP contribution in [0.4, 0.5) is 14.5 Å². The molecule has 1 saturated heterocycles. The molecule has 1 atom stereocenters. The smallest absolute Gasteiger partial charge is 0.128 e. The molecule has 1 aliphatic rings. The molecule has 82 valence electrons. The zero-order chi connectivity index (χ0) is 10.8. The van der Waals surface area contributed by atoms with Crippen LogP contribution in [-0.4, -0.2) is 25.7 Å². The first-order valence-corrected chi connectivity index (χ1v) is 5.09. The molecule has 1 aromatic carbocycles. The number of rotatable bonds is 1. The maximum absolute atomic E-state index is 13.0. The maximum atomic E-state index is 13.0. The highest BCUT2D eigenvalue weighted by molar-refractivity contribution is 5.47. The van der Waals surface area contributed by atoms with Gasteiger partial charge in [-0.1, -0.05) is 0 Å². The van der Waals surface area contributed by atoms with Crippen molar-refractivity contribution in [3.05, 3.63) is 29.8 Å². The summed E-state index contributed by atoms with van der Waals surface area (Å²) in [6, 6.07) is 4.00. The predicted molar refractivity (Wildman–Crippen MR) is 56.0 cm³/mol. The monoisotopic (exact) mass is 212 g/mol. The minimum absolute atomic E-state index is 0.352. The SMILES string of the molecule is C[C@H]1CN(c2cc(F)cc(F)c2)CCN1. The fourth-order valence-electron chi connectivity index (χ4n) is 1.89. The van der Waals surface area contributed by atoms with Gasteiger partial charge in [0.15, 0.2) is 0 Å². The maximum Gasteiger partial charge on any atom is 0.128 e. The summed E-state index contributed by atoms with van der Waals surface area (Å²) < 4.78 is 26.0. The van der Waals surface area contributed by atoms with Crippen LogP contribution >= 0.6 is 0 Å². The molecule has 2 rings (SSSR count). The third kappa shape index (κ3) is 2.45. The molecule has 1 aliphatic heterocycles. The van der Waals surface area contributed by atoms with E-state index in [1.54, 1.807) is 0 Å². The molecule has 2 nitrogen and oxygen atoms in total. The highest BCUT2D eigenvalue weighted by Crippen LogP contribution is 2.19. The molecule has 0 saturated carbocycles. The first kappa shape index (κ1) is 10.4. The van der Waals surface area contributed by atoms with E-state index in [9.17, 15) is 8.78 Å². The Labute approximate surface area is 87.9 Å². The van der Waals surface area contributed by atoms with Crippen LogP contribution in [0, 0.1) is 11.6 Å². The predicted octanol–water partition coefficient (Wildman–Crippen LogP) is 1.76. The van der Waals surface area contributed by atoms with E-state index in [0.717, 1.165) is 25.7 Å². The molecule has 0 spiro atoms. The lowest BCUT2D eigenvalue weighted by Crippen LogP contribution is -2.49. The fourth-order valence-corrected chi connectivity index (χ4v) is 1.89. The van der Waals surface area contributed by atoms with Crippen LogP contribution in [0.15, 0.2) is 18.2 Å².